The topological polar surface area (TPSA) is 203 Å². The maximum Gasteiger partial charge on any atom is 0.331 e. The van der Waals surface area contributed by atoms with E-state index >= 15 is 0 Å². The second-order valence-electron chi connectivity index (χ2n) is 13.5. The minimum absolute atomic E-state index is 0.0325. The molecule has 5 fully saturated rings. The van der Waals surface area contributed by atoms with Crippen molar-refractivity contribution in [2.75, 3.05) is 13.2 Å². The summed E-state index contributed by atoms with van der Waals surface area (Å²) < 4.78 is 16.6. The predicted molar refractivity (Wildman–Crippen MR) is 138 cm³/mol. The van der Waals surface area contributed by atoms with E-state index in [0.29, 0.717) is 25.7 Å². The second kappa shape index (κ2) is 10.0. The average molecular weight is 583 g/mol. The van der Waals surface area contributed by atoms with Crippen LogP contribution in [-0.4, -0.2) is 115 Å². The number of aldehydes is 1. The van der Waals surface area contributed by atoms with Crippen LogP contribution in [0, 0.1) is 28.6 Å². The maximum atomic E-state index is 13.0. The number of hydrogen-bond acceptors (Lipinski definition) is 12. The van der Waals surface area contributed by atoms with Crippen LogP contribution in [0.15, 0.2) is 11.6 Å². The molecule has 0 radical (unpaired) electrons. The van der Waals surface area contributed by atoms with Gasteiger partial charge in [-0.1, -0.05) is 6.92 Å². The highest BCUT2D eigenvalue weighted by molar-refractivity contribution is 5.85. The molecule has 2 heterocycles. The fourth-order valence-corrected chi connectivity index (χ4v) is 9.80. The number of aliphatic hydroxyl groups excluding tert-OH is 5. The number of carbonyl (C=O) groups is 2. The van der Waals surface area contributed by atoms with Gasteiger partial charge >= 0.3 is 5.97 Å². The van der Waals surface area contributed by atoms with Crippen LogP contribution in [-0.2, 0) is 23.8 Å². The Morgan fingerprint density at radius 2 is 1.78 bits per heavy atom. The summed E-state index contributed by atoms with van der Waals surface area (Å²) in [5.74, 6) is -1.51. The van der Waals surface area contributed by atoms with Gasteiger partial charge in [0.25, 0.3) is 0 Å². The van der Waals surface area contributed by atoms with Crippen molar-refractivity contribution >= 4 is 12.3 Å². The number of hydrogen-bond donors (Lipinski definition) is 7. The highest BCUT2D eigenvalue weighted by atomic mass is 16.7. The lowest BCUT2D eigenvalue weighted by Crippen LogP contribution is -2.71. The lowest BCUT2D eigenvalue weighted by molar-refractivity contribution is -0.324. The summed E-state index contributed by atoms with van der Waals surface area (Å²) in [5, 5.41) is 76.3. The Bertz CT molecular complexity index is 1100. The van der Waals surface area contributed by atoms with Crippen LogP contribution in [0.4, 0.5) is 0 Å². The monoisotopic (exact) mass is 582 g/mol. The van der Waals surface area contributed by atoms with E-state index in [4.69, 9.17) is 14.2 Å². The number of aliphatic hydroxyl groups is 7. The van der Waals surface area contributed by atoms with Crippen LogP contribution >= 0.6 is 0 Å². The summed E-state index contributed by atoms with van der Waals surface area (Å²) in [6.45, 7) is 1.42. The first-order valence-electron chi connectivity index (χ1n) is 14.8. The van der Waals surface area contributed by atoms with Crippen molar-refractivity contribution in [1.29, 1.82) is 0 Å². The third kappa shape index (κ3) is 3.99. The lowest BCUT2D eigenvalue weighted by Gasteiger charge is -2.66. The smallest absolute Gasteiger partial charge is 0.331 e. The molecule has 41 heavy (non-hydrogen) atoms. The summed E-state index contributed by atoms with van der Waals surface area (Å²) in [6, 6.07) is 0. The van der Waals surface area contributed by atoms with Gasteiger partial charge in [0, 0.05) is 17.9 Å². The van der Waals surface area contributed by atoms with Gasteiger partial charge in [-0.05, 0) is 68.3 Å². The number of esters is 1. The molecule has 0 spiro atoms. The summed E-state index contributed by atoms with van der Waals surface area (Å²) in [5.41, 5.74) is -4.24. The Kier molecular flexibility index (Phi) is 7.24. The van der Waals surface area contributed by atoms with Gasteiger partial charge in [-0.25, -0.2) is 4.79 Å². The molecule has 0 amide bonds. The molecule has 12 nitrogen and oxygen atoms in total. The Balaban J connectivity index is 1.24. The Morgan fingerprint density at radius 1 is 1.02 bits per heavy atom. The molecule has 2 aliphatic heterocycles. The van der Waals surface area contributed by atoms with Crippen molar-refractivity contribution in [3.63, 3.8) is 0 Å². The molecule has 14 atom stereocenters. The molecule has 1 saturated heterocycles. The molecule has 230 valence electrons. The van der Waals surface area contributed by atoms with Crippen LogP contribution < -0.4 is 0 Å². The van der Waals surface area contributed by atoms with Crippen molar-refractivity contribution in [3.05, 3.63) is 11.6 Å². The molecule has 6 rings (SSSR count). The molecule has 6 aliphatic rings. The van der Waals surface area contributed by atoms with Crippen molar-refractivity contribution in [2.24, 2.45) is 28.6 Å². The first-order valence-corrected chi connectivity index (χ1v) is 14.8. The van der Waals surface area contributed by atoms with E-state index < -0.39 is 83.4 Å². The molecule has 0 aromatic carbocycles. The molecule has 0 unspecified atom stereocenters. The van der Waals surface area contributed by atoms with Gasteiger partial charge in [0.15, 0.2) is 6.29 Å². The third-order valence-electron chi connectivity index (χ3n) is 12.1. The van der Waals surface area contributed by atoms with E-state index in [1.165, 1.54) is 6.08 Å². The Labute approximate surface area is 237 Å². The van der Waals surface area contributed by atoms with E-state index in [9.17, 15) is 45.3 Å². The fourth-order valence-electron chi connectivity index (χ4n) is 9.80. The fraction of sp³-hybridized carbons (Fsp3) is 0.862. The van der Waals surface area contributed by atoms with E-state index in [1.54, 1.807) is 0 Å². The van der Waals surface area contributed by atoms with E-state index in [-0.39, 0.29) is 44.1 Å². The highest BCUT2D eigenvalue weighted by Crippen LogP contribution is 2.70. The molecule has 7 N–H and O–H groups in total. The molecular formula is C29H42O12. The Hall–Kier alpha value is -1.48. The van der Waals surface area contributed by atoms with Gasteiger partial charge in [0.1, 0.15) is 37.3 Å². The Morgan fingerprint density at radius 3 is 2.44 bits per heavy atom. The number of cyclic esters (lactones) is 1. The van der Waals surface area contributed by atoms with Crippen LogP contribution in [0.1, 0.15) is 58.3 Å². The summed E-state index contributed by atoms with van der Waals surface area (Å²) in [7, 11) is 0. The summed E-state index contributed by atoms with van der Waals surface area (Å²) >= 11 is 0. The normalized spacial score (nSPS) is 54.9. The third-order valence-corrected chi connectivity index (χ3v) is 12.1. The molecular weight excluding hydrogens is 540 g/mol. The number of carbonyl (C=O) groups excluding carboxylic acids is 2. The molecule has 4 saturated carbocycles. The van der Waals surface area contributed by atoms with E-state index in [0.717, 1.165) is 11.9 Å². The standard InChI is InChI=1S/C29H42O12/c1-26-16(14-8-21(33)39-12-14)4-7-29(26,38)17-3-6-28(37)10-15(2-5-27(28,13-31)18(17)9-20(26)32)40-25-24(36)23(35)22(34)19(11-30)41-25/h8,13,15-20,22-25,30,32,34-38H,2-7,9-12H2,1H3/t15-,16+,17+,18-,19+,20+,22+,23-,24+,25+,26-,27-,28-,29-/m0/s1. The largest absolute Gasteiger partial charge is 0.458 e. The second-order valence-corrected chi connectivity index (χ2v) is 13.5. The SMILES string of the molecule is C[C@]12[C@H](O)C[C@H]3[C@@H](CC[C@]4(O)C[C@@H](O[C@@H]5O[C@H](CO)[C@@H](O)[C@H](O)[C@H]5O)CC[C@]34C=O)[C@@]1(O)CC[C@@H]2C1=CC(=O)OC1. The number of rotatable bonds is 5. The summed E-state index contributed by atoms with van der Waals surface area (Å²) in [6.07, 6.45) is -4.20. The summed E-state index contributed by atoms with van der Waals surface area (Å²) in [4.78, 5) is 24.8. The zero-order chi connectivity index (χ0) is 29.5. The number of ether oxygens (including phenoxy) is 3. The molecule has 12 heteroatoms. The zero-order valence-electron chi connectivity index (χ0n) is 23.2. The molecule has 0 aromatic rings. The first kappa shape index (κ1) is 29.6. The van der Waals surface area contributed by atoms with Crippen LogP contribution in [0.25, 0.3) is 0 Å². The molecule has 4 aliphatic carbocycles. The lowest BCUT2D eigenvalue weighted by atomic mass is 9.41. The van der Waals surface area contributed by atoms with Gasteiger partial charge in [0.05, 0.1) is 35.4 Å². The zero-order valence-corrected chi connectivity index (χ0v) is 23.2. The maximum absolute atomic E-state index is 13.0. The number of fused-ring (bicyclic) bond motifs is 5. The molecule has 0 aromatic heterocycles. The van der Waals surface area contributed by atoms with Gasteiger partial charge < -0.3 is 54.8 Å². The van der Waals surface area contributed by atoms with Crippen molar-refractivity contribution in [3.8, 4) is 0 Å². The van der Waals surface area contributed by atoms with Gasteiger partial charge in [0.2, 0.25) is 0 Å². The van der Waals surface area contributed by atoms with Gasteiger partial charge in [-0.15, -0.1) is 0 Å². The van der Waals surface area contributed by atoms with E-state index in [1.807, 2.05) is 6.92 Å². The van der Waals surface area contributed by atoms with Crippen molar-refractivity contribution in [1.82, 2.24) is 0 Å². The first-order chi connectivity index (χ1) is 19.3. The van der Waals surface area contributed by atoms with Crippen molar-refractivity contribution in [2.45, 2.75) is 112 Å². The quantitative estimate of drug-likeness (QED) is 0.115. The highest BCUT2D eigenvalue weighted by Gasteiger charge is 2.74. The minimum Gasteiger partial charge on any atom is -0.458 e. The minimum atomic E-state index is -1.60. The van der Waals surface area contributed by atoms with Crippen LogP contribution in [0.5, 0.6) is 0 Å². The van der Waals surface area contributed by atoms with Crippen molar-refractivity contribution < 1.29 is 59.5 Å². The van der Waals surface area contributed by atoms with E-state index in [2.05, 4.69) is 0 Å². The molecule has 0 bridgehead atoms. The van der Waals surface area contributed by atoms with Crippen LogP contribution in [0.3, 0.4) is 0 Å². The predicted octanol–water partition coefficient (Wildman–Crippen LogP) is -1.31. The van der Waals surface area contributed by atoms with Gasteiger partial charge in [-0.3, -0.25) is 0 Å². The van der Waals surface area contributed by atoms with Gasteiger partial charge in [-0.2, -0.15) is 0 Å². The average Bonchev–Trinajstić information content (AvgIpc) is 3.49. The van der Waals surface area contributed by atoms with Crippen LogP contribution in [0.2, 0.25) is 0 Å².